The minimum absolute atomic E-state index is 0.187. The average molecular weight is 386 g/mol. The van der Waals surface area contributed by atoms with Crippen molar-refractivity contribution in [3.05, 3.63) is 91.0 Å². The Labute approximate surface area is 169 Å². The second-order valence-electron chi connectivity index (χ2n) is 6.42. The Hall–Kier alpha value is -3.86. The van der Waals surface area contributed by atoms with Crippen molar-refractivity contribution < 1.29 is 14.6 Å². The van der Waals surface area contributed by atoms with Crippen LogP contribution in [0.25, 0.3) is 10.8 Å². The van der Waals surface area contributed by atoms with E-state index in [1.54, 1.807) is 0 Å². The van der Waals surface area contributed by atoms with Gasteiger partial charge in [0.25, 0.3) is 0 Å². The smallest absolute Gasteiger partial charge is 0.159 e. The fraction of sp³-hybridized carbons (Fsp3) is 0.0833. The number of phenolic OH excluding ortho intramolecular Hbond substituents is 1. The summed E-state index contributed by atoms with van der Waals surface area (Å²) in [7, 11) is 0. The van der Waals surface area contributed by atoms with Crippen molar-refractivity contribution in [1.82, 2.24) is 0 Å². The summed E-state index contributed by atoms with van der Waals surface area (Å²) in [5, 5.41) is 18.8. The van der Waals surface area contributed by atoms with Crippen LogP contribution >= 0.6 is 0 Å². The topological polar surface area (TPSA) is 62.8 Å². The first-order valence-corrected chi connectivity index (χ1v) is 9.39. The Morgan fingerprint density at radius 3 is 1.66 bits per heavy atom. The number of ether oxygens (including phenoxy) is 2. The summed E-state index contributed by atoms with van der Waals surface area (Å²) < 4.78 is 11.4. The van der Waals surface area contributed by atoms with Gasteiger partial charge in [-0.1, -0.05) is 60.7 Å². The molecule has 0 aromatic heterocycles. The van der Waals surface area contributed by atoms with Gasteiger partial charge in [-0.25, -0.2) is 0 Å². The van der Waals surface area contributed by atoms with Crippen molar-refractivity contribution in [2.24, 2.45) is 0 Å². The minimum atomic E-state index is 0.187. The van der Waals surface area contributed by atoms with Gasteiger partial charge in [0.15, 0.2) is 13.5 Å². The van der Waals surface area contributed by atoms with Crippen molar-refractivity contribution in [2.45, 2.75) is 0 Å². The number of fused-ring (bicyclic) bond motifs is 1. The first kappa shape index (κ1) is 18.5. The Kier molecular flexibility index (Phi) is 5.67. The van der Waals surface area contributed by atoms with E-state index in [9.17, 15) is 5.11 Å². The van der Waals surface area contributed by atoms with Gasteiger partial charge in [-0.05, 0) is 30.3 Å². The van der Waals surface area contributed by atoms with E-state index in [0.29, 0.717) is 12.4 Å². The molecule has 0 aliphatic carbocycles. The van der Waals surface area contributed by atoms with Crippen LogP contribution in [0.1, 0.15) is 0 Å². The highest BCUT2D eigenvalue weighted by atomic mass is 16.5. The predicted octanol–water partition coefficient (Wildman–Crippen LogP) is 5.44. The highest BCUT2D eigenvalue weighted by Crippen LogP contribution is 2.37. The largest absolute Gasteiger partial charge is 0.505 e. The first-order valence-electron chi connectivity index (χ1n) is 9.39. The van der Waals surface area contributed by atoms with Gasteiger partial charge in [0.05, 0.1) is 5.69 Å². The SMILES string of the molecule is Oc1c(NCOc2ccccc2)cc(NCOc2ccccc2)c2ccccc12. The number of hydrogen-bond acceptors (Lipinski definition) is 5. The number of phenols is 1. The Bertz CT molecular complexity index is 1070. The summed E-state index contributed by atoms with van der Waals surface area (Å²) >= 11 is 0. The molecule has 0 spiro atoms. The summed E-state index contributed by atoms with van der Waals surface area (Å²) in [6, 6.07) is 28.7. The standard InChI is InChI=1S/C24H22N2O3/c27-24-21-14-8-7-13-20(21)22(25-16-28-18-9-3-1-4-10-18)15-23(24)26-17-29-19-11-5-2-6-12-19/h1-15,25-27H,16-17H2. The Morgan fingerprint density at radius 1 is 0.586 bits per heavy atom. The van der Waals surface area contributed by atoms with Gasteiger partial charge in [-0.2, -0.15) is 0 Å². The molecule has 0 atom stereocenters. The van der Waals surface area contributed by atoms with E-state index in [1.807, 2.05) is 91.0 Å². The number of rotatable bonds is 8. The first-order chi connectivity index (χ1) is 14.3. The molecule has 5 nitrogen and oxygen atoms in total. The molecule has 0 heterocycles. The van der Waals surface area contributed by atoms with E-state index in [1.165, 1.54) is 0 Å². The Morgan fingerprint density at radius 2 is 1.07 bits per heavy atom. The average Bonchev–Trinajstić information content (AvgIpc) is 2.78. The molecule has 3 N–H and O–H groups in total. The summed E-state index contributed by atoms with van der Waals surface area (Å²) in [6.07, 6.45) is 0. The van der Waals surface area contributed by atoms with Gasteiger partial charge >= 0.3 is 0 Å². The zero-order valence-electron chi connectivity index (χ0n) is 15.8. The molecule has 0 fully saturated rings. The van der Waals surface area contributed by atoms with Crippen LogP contribution in [0.5, 0.6) is 17.2 Å². The van der Waals surface area contributed by atoms with Crippen LogP contribution in [0.15, 0.2) is 91.0 Å². The molecule has 0 amide bonds. The van der Waals surface area contributed by atoms with Gasteiger partial charge in [-0.3, -0.25) is 0 Å². The van der Waals surface area contributed by atoms with Crippen molar-refractivity contribution in [1.29, 1.82) is 0 Å². The third-order valence-electron chi connectivity index (χ3n) is 4.51. The van der Waals surface area contributed by atoms with E-state index in [4.69, 9.17) is 9.47 Å². The number of aromatic hydroxyl groups is 1. The van der Waals surface area contributed by atoms with Gasteiger partial charge < -0.3 is 25.2 Å². The predicted molar refractivity (Wildman–Crippen MR) is 117 cm³/mol. The van der Waals surface area contributed by atoms with Crippen LogP contribution in [0, 0.1) is 0 Å². The number of anilines is 2. The molecule has 0 saturated carbocycles. The summed E-state index contributed by atoms with van der Waals surface area (Å²) in [6.45, 7) is 0.536. The lowest BCUT2D eigenvalue weighted by Gasteiger charge is -2.16. The molecule has 0 unspecified atom stereocenters. The molecule has 4 aromatic rings. The van der Waals surface area contributed by atoms with E-state index < -0.39 is 0 Å². The summed E-state index contributed by atoms with van der Waals surface area (Å²) in [5.74, 6) is 1.74. The van der Waals surface area contributed by atoms with Crippen LogP contribution in [0.2, 0.25) is 0 Å². The zero-order chi connectivity index (χ0) is 19.9. The van der Waals surface area contributed by atoms with Gasteiger partial charge in [0, 0.05) is 16.5 Å². The van der Waals surface area contributed by atoms with Gasteiger partial charge in [-0.15, -0.1) is 0 Å². The molecule has 0 radical (unpaired) electrons. The van der Waals surface area contributed by atoms with E-state index >= 15 is 0 Å². The third kappa shape index (κ3) is 4.52. The van der Waals surface area contributed by atoms with E-state index in [0.717, 1.165) is 28.0 Å². The molecular weight excluding hydrogens is 364 g/mol. The molecule has 0 bridgehead atoms. The third-order valence-corrected chi connectivity index (χ3v) is 4.51. The number of benzene rings is 4. The molecule has 0 aliphatic rings. The molecule has 146 valence electrons. The second kappa shape index (κ2) is 8.89. The Balaban J connectivity index is 1.50. The molecule has 0 aliphatic heterocycles. The zero-order valence-corrected chi connectivity index (χ0v) is 15.8. The molecule has 29 heavy (non-hydrogen) atoms. The van der Waals surface area contributed by atoms with Crippen LogP contribution in [-0.2, 0) is 0 Å². The molecule has 4 rings (SSSR count). The van der Waals surface area contributed by atoms with Crippen LogP contribution < -0.4 is 20.1 Å². The number of hydrogen-bond donors (Lipinski definition) is 3. The van der Waals surface area contributed by atoms with E-state index in [2.05, 4.69) is 10.6 Å². The second-order valence-corrected chi connectivity index (χ2v) is 6.42. The fourth-order valence-electron chi connectivity index (χ4n) is 3.07. The van der Waals surface area contributed by atoms with Crippen molar-refractivity contribution in [3.63, 3.8) is 0 Å². The highest BCUT2D eigenvalue weighted by Gasteiger charge is 2.11. The van der Waals surface area contributed by atoms with Crippen LogP contribution in [0.3, 0.4) is 0 Å². The lowest BCUT2D eigenvalue weighted by molar-refractivity contribution is 0.345. The quantitative estimate of drug-likeness (QED) is 0.214. The summed E-state index contributed by atoms with van der Waals surface area (Å²) in [5.41, 5.74) is 1.44. The fourth-order valence-corrected chi connectivity index (χ4v) is 3.07. The lowest BCUT2D eigenvalue weighted by atomic mass is 10.1. The van der Waals surface area contributed by atoms with Gasteiger partial charge in [0.1, 0.15) is 17.2 Å². The number of para-hydroxylation sites is 2. The monoisotopic (exact) mass is 386 g/mol. The normalized spacial score (nSPS) is 10.5. The highest BCUT2D eigenvalue weighted by molar-refractivity contribution is 6.02. The van der Waals surface area contributed by atoms with E-state index in [-0.39, 0.29) is 12.5 Å². The van der Waals surface area contributed by atoms with Crippen molar-refractivity contribution in [2.75, 3.05) is 24.1 Å². The number of nitrogens with one attached hydrogen (secondary N) is 2. The van der Waals surface area contributed by atoms with Crippen molar-refractivity contribution >= 4 is 22.1 Å². The van der Waals surface area contributed by atoms with Gasteiger partial charge in [0.2, 0.25) is 0 Å². The summed E-state index contributed by atoms with van der Waals surface area (Å²) in [4.78, 5) is 0. The molecule has 0 saturated heterocycles. The molecule has 5 heteroatoms. The lowest BCUT2D eigenvalue weighted by Crippen LogP contribution is -2.11. The molecular formula is C24H22N2O3. The maximum Gasteiger partial charge on any atom is 0.159 e. The maximum atomic E-state index is 10.7. The molecule has 4 aromatic carbocycles. The van der Waals surface area contributed by atoms with Crippen LogP contribution in [0.4, 0.5) is 11.4 Å². The maximum absolute atomic E-state index is 10.7. The van der Waals surface area contributed by atoms with Crippen molar-refractivity contribution in [3.8, 4) is 17.2 Å². The minimum Gasteiger partial charge on any atom is -0.505 e. The van der Waals surface area contributed by atoms with Crippen LogP contribution in [-0.4, -0.2) is 18.6 Å².